The molecule has 0 aliphatic rings. The molecule has 0 aliphatic heterocycles. The normalized spacial score (nSPS) is 10.2. The van der Waals surface area contributed by atoms with Crippen LogP contribution in [0.25, 0.3) is 0 Å². The van der Waals surface area contributed by atoms with Gasteiger partial charge in [-0.15, -0.1) is 0 Å². The molecule has 1 N–H and O–H groups in total. The SMILES string of the molecule is COc1ccc(C(=O)Nc2cc(C)ccc2C)cc1F. The molecule has 0 saturated carbocycles. The van der Waals surface area contributed by atoms with Gasteiger partial charge in [0.1, 0.15) is 0 Å². The van der Waals surface area contributed by atoms with E-state index in [2.05, 4.69) is 5.32 Å². The number of methoxy groups -OCH3 is 1. The van der Waals surface area contributed by atoms with Gasteiger partial charge in [-0.2, -0.15) is 0 Å². The molecular weight excluding hydrogens is 257 g/mol. The molecule has 0 unspecified atom stereocenters. The van der Waals surface area contributed by atoms with Crippen molar-refractivity contribution in [2.45, 2.75) is 13.8 Å². The summed E-state index contributed by atoms with van der Waals surface area (Å²) in [6, 6.07) is 9.92. The summed E-state index contributed by atoms with van der Waals surface area (Å²) in [5.74, 6) is -0.783. The molecule has 0 heterocycles. The number of halogens is 1. The molecule has 0 saturated heterocycles. The van der Waals surface area contributed by atoms with E-state index in [1.165, 1.54) is 25.3 Å². The zero-order chi connectivity index (χ0) is 14.7. The number of anilines is 1. The number of amides is 1. The predicted molar refractivity (Wildman–Crippen MR) is 76.8 cm³/mol. The van der Waals surface area contributed by atoms with Crippen LogP contribution in [0.3, 0.4) is 0 Å². The Kier molecular flexibility index (Phi) is 4.03. The van der Waals surface area contributed by atoms with E-state index in [4.69, 9.17) is 4.74 Å². The Morgan fingerprint density at radius 1 is 1.15 bits per heavy atom. The second kappa shape index (κ2) is 5.74. The Hall–Kier alpha value is -2.36. The van der Waals surface area contributed by atoms with E-state index in [9.17, 15) is 9.18 Å². The topological polar surface area (TPSA) is 38.3 Å². The van der Waals surface area contributed by atoms with Crippen molar-refractivity contribution in [3.63, 3.8) is 0 Å². The molecule has 0 atom stereocenters. The molecule has 20 heavy (non-hydrogen) atoms. The van der Waals surface area contributed by atoms with Gasteiger partial charge >= 0.3 is 0 Å². The van der Waals surface area contributed by atoms with Gasteiger partial charge in [0.05, 0.1) is 7.11 Å². The van der Waals surface area contributed by atoms with E-state index in [0.29, 0.717) is 0 Å². The van der Waals surface area contributed by atoms with Crippen molar-refractivity contribution in [3.05, 3.63) is 58.9 Å². The number of ether oxygens (including phenoxy) is 1. The molecule has 0 bridgehead atoms. The molecule has 0 spiro atoms. The Morgan fingerprint density at radius 2 is 1.90 bits per heavy atom. The average Bonchev–Trinajstić information content (AvgIpc) is 2.42. The van der Waals surface area contributed by atoms with Crippen LogP contribution in [0.15, 0.2) is 36.4 Å². The van der Waals surface area contributed by atoms with E-state index in [-0.39, 0.29) is 17.2 Å². The summed E-state index contributed by atoms with van der Waals surface area (Å²) in [7, 11) is 1.38. The van der Waals surface area contributed by atoms with Gasteiger partial charge in [-0.05, 0) is 49.2 Å². The van der Waals surface area contributed by atoms with E-state index in [0.717, 1.165) is 16.8 Å². The van der Waals surface area contributed by atoms with Crippen LogP contribution < -0.4 is 10.1 Å². The minimum atomic E-state index is -0.555. The minimum Gasteiger partial charge on any atom is -0.494 e. The van der Waals surface area contributed by atoms with Crippen molar-refractivity contribution in [2.24, 2.45) is 0 Å². The summed E-state index contributed by atoms with van der Waals surface area (Å²) in [5.41, 5.74) is 2.99. The standard InChI is InChI=1S/C16H16FNO2/c1-10-4-5-11(2)14(8-10)18-16(19)12-6-7-15(20-3)13(17)9-12/h4-9H,1-3H3,(H,18,19). The second-order valence-electron chi connectivity index (χ2n) is 4.62. The predicted octanol–water partition coefficient (Wildman–Crippen LogP) is 3.70. The molecule has 0 radical (unpaired) electrons. The monoisotopic (exact) mass is 273 g/mol. The number of nitrogens with one attached hydrogen (secondary N) is 1. The number of carbonyl (C=O) groups excluding carboxylic acids is 1. The van der Waals surface area contributed by atoms with Gasteiger partial charge in [0, 0.05) is 11.3 Å². The highest BCUT2D eigenvalue weighted by Crippen LogP contribution is 2.20. The van der Waals surface area contributed by atoms with Crippen LogP contribution in [0, 0.1) is 19.7 Å². The third kappa shape index (κ3) is 2.96. The lowest BCUT2D eigenvalue weighted by atomic mass is 10.1. The smallest absolute Gasteiger partial charge is 0.255 e. The van der Waals surface area contributed by atoms with Gasteiger partial charge in [-0.1, -0.05) is 12.1 Å². The van der Waals surface area contributed by atoms with Crippen LogP contribution in [-0.2, 0) is 0 Å². The summed E-state index contributed by atoms with van der Waals surface area (Å²) in [6.07, 6.45) is 0. The lowest BCUT2D eigenvalue weighted by Gasteiger charge is -2.10. The van der Waals surface area contributed by atoms with E-state index < -0.39 is 5.82 Å². The largest absolute Gasteiger partial charge is 0.494 e. The Labute approximate surface area is 117 Å². The number of hydrogen-bond donors (Lipinski definition) is 1. The molecule has 3 nitrogen and oxygen atoms in total. The number of aryl methyl sites for hydroxylation is 2. The molecule has 2 aromatic carbocycles. The Bertz CT molecular complexity index is 653. The molecule has 0 aromatic heterocycles. The first kappa shape index (κ1) is 14.1. The third-order valence-electron chi connectivity index (χ3n) is 3.06. The maximum atomic E-state index is 13.6. The molecular formula is C16H16FNO2. The number of hydrogen-bond acceptors (Lipinski definition) is 2. The average molecular weight is 273 g/mol. The highest BCUT2D eigenvalue weighted by atomic mass is 19.1. The van der Waals surface area contributed by atoms with Crippen LogP contribution in [0.4, 0.5) is 10.1 Å². The van der Waals surface area contributed by atoms with Crippen molar-refractivity contribution < 1.29 is 13.9 Å². The first-order valence-electron chi connectivity index (χ1n) is 6.23. The van der Waals surface area contributed by atoms with Gasteiger partial charge in [0.15, 0.2) is 11.6 Å². The number of rotatable bonds is 3. The van der Waals surface area contributed by atoms with Gasteiger partial charge in [-0.3, -0.25) is 4.79 Å². The van der Waals surface area contributed by atoms with Gasteiger partial charge in [-0.25, -0.2) is 4.39 Å². The molecule has 2 rings (SSSR count). The lowest BCUT2D eigenvalue weighted by Crippen LogP contribution is -2.13. The maximum Gasteiger partial charge on any atom is 0.255 e. The van der Waals surface area contributed by atoms with Gasteiger partial charge < -0.3 is 10.1 Å². The lowest BCUT2D eigenvalue weighted by molar-refractivity contribution is 0.102. The quantitative estimate of drug-likeness (QED) is 0.926. The Morgan fingerprint density at radius 3 is 2.55 bits per heavy atom. The summed E-state index contributed by atoms with van der Waals surface area (Å²) >= 11 is 0. The molecule has 2 aromatic rings. The first-order valence-corrected chi connectivity index (χ1v) is 6.23. The van der Waals surface area contributed by atoms with Crippen LogP contribution in [0.1, 0.15) is 21.5 Å². The molecule has 0 fully saturated rings. The van der Waals surface area contributed by atoms with E-state index >= 15 is 0 Å². The van der Waals surface area contributed by atoms with E-state index in [1.807, 2.05) is 32.0 Å². The van der Waals surface area contributed by atoms with Gasteiger partial charge in [0.2, 0.25) is 0 Å². The second-order valence-corrected chi connectivity index (χ2v) is 4.62. The van der Waals surface area contributed by atoms with Crippen LogP contribution in [-0.4, -0.2) is 13.0 Å². The molecule has 4 heteroatoms. The number of carbonyl (C=O) groups is 1. The molecule has 1 amide bonds. The van der Waals surface area contributed by atoms with Gasteiger partial charge in [0.25, 0.3) is 5.91 Å². The maximum absolute atomic E-state index is 13.6. The fourth-order valence-corrected chi connectivity index (χ4v) is 1.87. The van der Waals surface area contributed by atoms with Crippen molar-refractivity contribution in [1.29, 1.82) is 0 Å². The summed E-state index contributed by atoms with van der Waals surface area (Å²) < 4.78 is 18.4. The van der Waals surface area contributed by atoms with Crippen LogP contribution >= 0.6 is 0 Å². The number of benzene rings is 2. The van der Waals surface area contributed by atoms with Crippen molar-refractivity contribution >= 4 is 11.6 Å². The van der Waals surface area contributed by atoms with Crippen molar-refractivity contribution in [2.75, 3.05) is 12.4 Å². The highest BCUT2D eigenvalue weighted by molar-refractivity contribution is 6.04. The fraction of sp³-hybridized carbons (Fsp3) is 0.188. The van der Waals surface area contributed by atoms with Crippen molar-refractivity contribution in [3.8, 4) is 5.75 Å². The van der Waals surface area contributed by atoms with E-state index in [1.54, 1.807) is 0 Å². The van der Waals surface area contributed by atoms with Crippen LogP contribution in [0.5, 0.6) is 5.75 Å². The zero-order valence-electron chi connectivity index (χ0n) is 11.7. The fourth-order valence-electron chi connectivity index (χ4n) is 1.87. The summed E-state index contributed by atoms with van der Waals surface area (Å²) in [5, 5.41) is 2.79. The third-order valence-corrected chi connectivity index (χ3v) is 3.06. The summed E-state index contributed by atoms with van der Waals surface area (Å²) in [4.78, 5) is 12.1. The molecule has 104 valence electrons. The Balaban J connectivity index is 2.24. The molecule has 0 aliphatic carbocycles. The minimum absolute atomic E-state index is 0.119. The van der Waals surface area contributed by atoms with Crippen LogP contribution in [0.2, 0.25) is 0 Å². The first-order chi connectivity index (χ1) is 9.51. The summed E-state index contributed by atoms with van der Waals surface area (Å²) in [6.45, 7) is 3.85. The van der Waals surface area contributed by atoms with Crippen molar-refractivity contribution in [1.82, 2.24) is 0 Å². The zero-order valence-corrected chi connectivity index (χ0v) is 11.7. The highest BCUT2D eigenvalue weighted by Gasteiger charge is 2.11.